The molecular formula is C14H15N5O5. The lowest BCUT2D eigenvalue weighted by Crippen LogP contribution is -2.27. The summed E-state index contributed by atoms with van der Waals surface area (Å²) >= 11 is 0. The molecule has 1 atom stereocenters. The minimum atomic E-state index is -0.829. The smallest absolute Gasteiger partial charge is 0.350 e. The molecule has 2 N–H and O–H groups in total. The van der Waals surface area contributed by atoms with E-state index in [0.717, 1.165) is 10.9 Å². The number of ether oxygens (including phenoxy) is 1. The maximum absolute atomic E-state index is 12.0. The average Bonchev–Trinajstić information content (AvgIpc) is 3.00. The van der Waals surface area contributed by atoms with Crippen LogP contribution in [-0.4, -0.2) is 39.0 Å². The molecule has 126 valence electrons. The van der Waals surface area contributed by atoms with Crippen molar-refractivity contribution in [3.05, 3.63) is 46.1 Å². The highest BCUT2D eigenvalue weighted by atomic mass is 16.6. The minimum Gasteiger partial charge on any atom is -0.508 e. The van der Waals surface area contributed by atoms with Crippen molar-refractivity contribution in [2.45, 2.75) is 13.0 Å². The van der Waals surface area contributed by atoms with Gasteiger partial charge in [0.25, 0.3) is 5.91 Å². The van der Waals surface area contributed by atoms with E-state index in [-0.39, 0.29) is 17.3 Å². The van der Waals surface area contributed by atoms with E-state index >= 15 is 0 Å². The van der Waals surface area contributed by atoms with E-state index in [1.807, 2.05) is 0 Å². The molecule has 0 aliphatic rings. The van der Waals surface area contributed by atoms with Crippen LogP contribution in [-0.2, 0) is 4.79 Å². The van der Waals surface area contributed by atoms with Gasteiger partial charge >= 0.3 is 11.6 Å². The number of carbonyl (C=O) groups is 1. The van der Waals surface area contributed by atoms with Crippen molar-refractivity contribution in [3.63, 3.8) is 0 Å². The third-order valence-electron chi connectivity index (χ3n) is 3.13. The molecule has 2 rings (SSSR count). The van der Waals surface area contributed by atoms with E-state index in [0.29, 0.717) is 5.56 Å². The number of hydrazone groups is 1. The SMILES string of the molecule is COc1nn([C@@H](C)C(=O)N/N=C/c2ccc(O)cc2)cc1[N+](=O)[O-]. The summed E-state index contributed by atoms with van der Waals surface area (Å²) in [7, 11) is 1.26. The van der Waals surface area contributed by atoms with E-state index in [9.17, 15) is 20.0 Å². The number of aromatic hydroxyl groups is 1. The highest BCUT2D eigenvalue weighted by Gasteiger charge is 2.25. The summed E-state index contributed by atoms with van der Waals surface area (Å²) in [6.45, 7) is 1.52. The first-order valence-corrected chi connectivity index (χ1v) is 6.82. The summed E-state index contributed by atoms with van der Waals surface area (Å²) in [5, 5.41) is 27.7. The largest absolute Gasteiger partial charge is 0.508 e. The molecule has 0 bridgehead atoms. The molecule has 0 aliphatic carbocycles. The molecule has 1 heterocycles. The molecule has 24 heavy (non-hydrogen) atoms. The lowest BCUT2D eigenvalue weighted by Gasteiger charge is -2.09. The number of aromatic nitrogens is 2. The molecule has 10 nitrogen and oxygen atoms in total. The Morgan fingerprint density at radius 2 is 2.17 bits per heavy atom. The van der Waals surface area contributed by atoms with Gasteiger partial charge in [-0.15, -0.1) is 5.10 Å². The molecule has 1 aromatic heterocycles. The number of methoxy groups -OCH3 is 1. The van der Waals surface area contributed by atoms with Gasteiger partial charge in [-0.05, 0) is 36.8 Å². The van der Waals surface area contributed by atoms with E-state index in [1.54, 1.807) is 12.1 Å². The van der Waals surface area contributed by atoms with E-state index in [2.05, 4.69) is 15.6 Å². The quantitative estimate of drug-likeness (QED) is 0.464. The number of phenols is 1. The predicted octanol–water partition coefficient (Wildman–Crippen LogP) is 1.22. The van der Waals surface area contributed by atoms with Crippen LogP contribution in [0.15, 0.2) is 35.6 Å². The number of nitro groups is 1. The second-order valence-electron chi connectivity index (χ2n) is 4.76. The zero-order valence-electron chi connectivity index (χ0n) is 12.9. The van der Waals surface area contributed by atoms with Crippen LogP contribution in [0.3, 0.4) is 0 Å². The number of nitrogens with zero attached hydrogens (tertiary/aromatic N) is 4. The van der Waals surface area contributed by atoms with Crippen LogP contribution in [0.4, 0.5) is 5.69 Å². The summed E-state index contributed by atoms with van der Waals surface area (Å²) in [4.78, 5) is 22.3. The normalized spacial score (nSPS) is 12.1. The second-order valence-corrected chi connectivity index (χ2v) is 4.76. The number of amides is 1. The van der Waals surface area contributed by atoms with Crippen molar-refractivity contribution in [1.29, 1.82) is 0 Å². The van der Waals surface area contributed by atoms with Crippen molar-refractivity contribution in [2.75, 3.05) is 7.11 Å². The van der Waals surface area contributed by atoms with Crippen molar-refractivity contribution in [1.82, 2.24) is 15.2 Å². The van der Waals surface area contributed by atoms with Crippen molar-refractivity contribution in [3.8, 4) is 11.6 Å². The molecule has 0 saturated heterocycles. The Labute approximate surface area is 136 Å². The molecule has 0 unspecified atom stereocenters. The average molecular weight is 333 g/mol. The fourth-order valence-corrected chi connectivity index (χ4v) is 1.78. The Morgan fingerprint density at radius 3 is 2.71 bits per heavy atom. The fraction of sp³-hybridized carbons (Fsp3) is 0.214. The first kappa shape index (κ1) is 16.9. The molecule has 0 spiro atoms. The third-order valence-corrected chi connectivity index (χ3v) is 3.13. The van der Waals surface area contributed by atoms with Gasteiger partial charge in [-0.1, -0.05) is 0 Å². The molecule has 10 heteroatoms. The Bertz CT molecular complexity index is 768. The Kier molecular flexibility index (Phi) is 5.09. The second kappa shape index (κ2) is 7.22. The maximum atomic E-state index is 12.0. The highest BCUT2D eigenvalue weighted by molar-refractivity contribution is 5.84. The van der Waals surface area contributed by atoms with E-state index < -0.39 is 16.9 Å². The Balaban J connectivity index is 2.04. The van der Waals surface area contributed by atoms with Crippen molar-refractivity contribution < 1.29 is 19.6 Å². The van der Waals surface area contributed by atoms with Crippen LogP contribution >= 0.6 is 0 Å². The van der Waals surface area contributed by atoms with Crippen LogP contribution in [0, 0.1) is 10.1 Å². The zero-order valence-corrected chi connectivity index (χ0v) is 12.9. The maximum Gasteiger partial charge on any atom is 0.350 e. The lowest BCUT2D eigenvalue weighted by atomic mass is 10.2. The summed E-state index contributed by atoms with van der Waals surface area (Å²) in [5.74, 6) is -0.559. The standard InChI is InChI=1S/C14H15N5O5/c1-9(18-8-12(19(22)23)14(17-18)24-2)13(21)16-15-7-10-3-5-11(20)6-4-10/h3-9,20H,1-2H3,(H,16,21)/b15-7+/t9-/m0/s1. The highest BCUT2D eigenvalue weighted by Crippen LogP contribution is 2.25. The third kappa shape index (κ3) is 3.85. The van der Waals surface area contributed by atoms with E-state index in [4.69, 9.17) is 4.74 Å². The number of rotatable bonds is 6. The van der Waals surface area contributed by atoms with Crippen LogP contribution < -0.4 is 10.2 Å². The van der Waals surface area contributed by atoms with Crippen LogP contribution in [0.2, 0.25) is 0 Å². The summed E-state index contributed by atoms with van der Waals surface area (Å²) < 4.78 is 5.94. The van der Waals surface area contributed by atoms with Gasteiger partial charge < -0.3 is 9.84 Å². The van der Waals surface area contributed by atoms with E-state index in [1.165, 1.54) is 32.4 Å². The predicted molar refractivity (Wildman–Crippen MR) is 84.0 cm³/mol. The zero-order chi connectivity index (χ0) is 17.7. The van der Waals surface area contributed by atoms with Crippen LogP contribution in [0.25, 0.3) is 0 Å². The number of hydrogen-bond donors (Lipinski definition) is 2. The molecule has 0 aliphatic heterocycles. The van der Waals surface area contributed by atoms with Gasteiger partial charge in [-0.2, -0.15) is 5.10 Å². The van der Waals surface area contributed by atoms with Gasteiger partial charge in [0.15, 0.2) is 0 Å². The van der Waals surface area contributed by atoms with Gasteiger partial charge in [0, 0.05) is 0 Å². The summed E-state index contributed by atoms with van der Waals surface area (Å²) in [5.41, 5.74) is 2.67. The monoisotopic (exact) mass is 333 g/mol. The topological polar surface area (TPSA) is 132 Å². The Morgan fingerprint density at radius 1 is 1.50 bits per heavy atom. The van der Waals surface area contributed by atoms with Gasteiger partial charge in [0.1, 0.15) is 18.0 Å². The van der Waals surface area contributed by atoms with Crippen molar-refractivity contribution >= 4 is 17.8 Å². The minimum absolute atomic E-state index is 0.124. The first-order chi connectivity index (χ1) is 11.4. The molecule has 1 amide bonds. The number of nitrogens with one attached hydrogen (secondary N) is 1. The fourth-order valence-electron chi connectivity index (χ4n) is 1.78. The summed E-state index contributed by atoms with van der Waals surface area (Å²) in [6, 6.07) is 5.39. The number of benzene rings is 1. The van der Waals surface area contributed by atoms with Gasteiger partial charge in [0.05, 0.1) is 18.2 Å². The molecule has 1 aromatic carbocycles. The Hall–Kier alpha value is -3.43. The number of carbonyl (C=O) groups excluding carboxylic acids is 1. The first-order valence-electron chi connectivity index (χ1n) is 6.82. The van der Waals surface area contributed by atoms with Crippen molar-refractivity contribution in [2.24, 2.45) is 5.10 Å². The van der Waals surface area contributed by atoms with Gasteiger partial charge in [-0.25, -0.2) is 10.1 Å². The van der Waals surface area contributed by atoms with Crippen LogP contribution in [0.1, 0.15) is 18.5 Å². The lowest BCUT2D eigenvalue weighted by molar-refractivity contribution is -0.385. The van der Waals surface area contributed by atoms with Crippen LogP contribution in [0.5, 0.6) is 11.6 Å². The molecule has 0 saturated carbocycles. The van der Waals surface area contributed by atoms with Gasteiger partial charge in [-0.3, -0.25) is 14.9 Å². The number of hydrogen-bond acceptors (Lipinski definition) is 7. The molecule has 0 radical (unpaired) electrons. The molecule has 2 aromatic rings. The number of phenolic OH excluding ortho intramolecular Hbond substituents is 1. The molecular weight excluding hydrogens is 318 g/mol. The molecule has 0 fully saturated rings. The summed E-state index contributed by atoms with van der Waals surface area (Å²) in [6.07, 6.45) is 2.52. The van der Waals surface area contributed by atoms with Gasteiger partial charge in [0.2, 0.25) is 0 Å².